The zero-order valence-corrected chi connectivity index (χ0v) is 15.6. The van der Waals surface area contributed by atoms with Crippen LogP contribution in [-0.2, 0) is 14.4 Å². The van der Waals surface area contributed by atoms with Gasteiger partial charge in [0, 0.05) is 13.1 Å². The van der Waals surface area contributed by atoms with Crippen LogP contribution in [0.2, 0.25) is 0 Å². The number of carboxylic acid groups (broad SMARTS) is 3. The number of likely N-dealkylation sites (tertiary alicyclic amines) is 1. The second kappa shape index (κ2) is 15.6. The van der Waals surface area contributed by atoms with Crippen molar-refractivity contribution in [2.24, 2.45) is 5.92 Å². The first-order chi connectivity index (χ1) is 12.4. The summed E-state index contributed by atoms with van der Waals surface area (Å²) in [5.41, 5.74) is 0. The number of rotatable bonds is 5. The van der Waals surface area contributed by atoms with E-state index in [1.165, 1.54) is 0 Å². The van der Waals surface area contributed by atoms with Crippen molar-refractivity contribution in [3.63, 3.8) is 0 Å². The molecule has 1 aliphatic heterocycles. The van der Waals surface area contributed by atoms with Gasteiger partial charge in [-0.15, -0.1) is 0 Å². The number of nitrogens with zero attached hydrogens (tertiary/aromatic N) is 1. The summed E-state index contributed by atoms with van der Waals surface area (Å²) in [5, 5.41) is 23.8. The van der Waals surface area contributed by atoms with Crippen LogP contribution < -0.4 is 4.74 Å². The molecule has 1 aromatic carbocycles. The quantitative estimate of drug-likeness (QED) is 0.637. The first kappa shape index (κ1) is 26.6. The molecular formula is C18H29NO8. The minimum atomic E-state index is -1.82. The maximum absolute atomic E-state index is 10.9. The van der Waals surface area contributed by atoms with E-state index in [0.29, 0.717) is 13.2 Å². The van der Waals surface area contributed by atoms with E-state index >= 15 is 0 Å². The largest absolute Gasteiger partial charge is 0.492 e. The summed E-state index contributed by atoms with van der Waals surface area (Å²) in [6.07, 6.45) is 1.76. The normalized spacial score (nSPS) is 15.6. The molecule has 27 heavy (non-hydrogen) atoms. The van der Waals surface area contributed by atoms with E-state index in [9.17, 15) is 4.79 Å². The molecule has 0 saturated carbocycles. The van der Waals surface area contributed by atoms with Crippen molar-refractivity contribution < 1.29 is 39.9 Å². The molecule has 0 radical (unpaired) electrons. The highest BCUT2D eigenvalue weighted by Gasteiger charge is 2.24. The molecule has 0 bridgehead atoms. The summed E-state index contributed by atoms with van der Waals surface area (Å²) < 4.78 is 5.62. The Bertz CT molecular complexity index is 538. The van der Waals surface area contributed by atoms with E-state index in [2.05, 4.69) is 4.90 Å². The number of hydrogen-bond acceptors (Lipinski definition) is 5. The molecule has 154 valence electrons. The molecule has 1 aromatic rings. The van der Waals surface area contributed by atoms with Gasteiger partial charge in [-0.25, -0.2) is 9.59 Å². The van der Waals surface area contributed by atoms with Gasteiger partial charge in [0.1, 0.15) is 12.4 Å². The minimum Gasteiger partial charge on any atom is -0.492 e. The number of benzene rings is 1. The molecule has 0 aliphatic carbocycles. The van der Waals surface area contributed by atoms with E-state index in [1.807, 2.05) is 44.2 Å². The third-order valence-corrected chi connectivity index (χ3v) is 3.46. The number of ether oxygens (including phenoxy) is 1. The lowest BCUT2D eigenvalue weighted by Gasteiger charge is -2.30. The van der Waals surface area contributed by atoms with E-state index in [-0.39, 0.29) is 11.4 Å². The Morgan fingerprint density at radius 3 is 2.11 bits per heavy atom. The Kier molecular flexibility index (Phi) is 15.3. The molecule has 0 amide bonds. The molecule has 1 aliphatic rings. The zero-order chi connectivity index (χ0) is 19.9. The summed E-state index contributed by atoms with van der Waals surface area (Å²) in [7, 11) is 0. The van der Waals surface area contributed by atoms with Gasteiger partial charge in [-0.2, -0.15) is 0 Å². The third kappa shape index (κ3) is 12.4. The average Bonchev–Trinajstić information content (AvgIpc) is 2.65. The molecule has 9 heteroatoms. The van der Waals surface area contributed by atoms with Crippen LogP contribution >= 0.6 is 0 Å². The fourth-order valence-corrected chi connectivity index (χ4v) is 2.27. The topological polar surface area (TPSA) is 156 Å². The van der Waals surface area contributed by atoms with Gasteiger partial charge in [0.05, 0.1) is 5.92 Å². The van der Waals surface area contributed by atoms with Gasteiger partial charge in [-0.1, -0.05) is 32.0 Å². The molecule has 0 aromatic heterocycles. The van der Waals surface area contributed by atoms with Crippen LogP contribution in [0.1, 0.15) is 26.7 Å². The molecule has 1 unspecified atom stereocenters. The number of carboxylic acids is 3. The van der Waals surface area contributed by atoms with Crippen molar-refractivity contribution in [1.82, 2.24) is 4.90 Å². The van der Waals surface area contributed by atoms with Crippen LogP contribution in [0.4, 0.5) is 0 Å². The van der Waals surface area contributed by atoms with Gasteiger partial charge in [0.2, 0.25) is 0 Å². The standard InChI is InChI=1S/C14H19NO3.C2H2O4.C2H6.H2O/c16-14(17)12-5-4-8-15(11-12)9-10-18-13-6-2-1-3-7-13;3-1(4)2(5)6;1-2;/h1-3,6-7,12H,4-5,8-11H2,(H,16,17);(H,3,4)(H,5,6);1-2H3;1H2. The van der Waals surface area contributed by atoms with Crippen molar-refractivity contribution in [3.05, 3.63) is 30.3 Å². The van der Waals surface area contributed by atoms with E-state index in [0.717, 1.165) is 31.7 Å². The molecule has 5 N–H and O–H groups in total. The predicted molar refractivity (Wildman–Crippen MR) is 99.0 cm³/mol. The lowest BCUT2D eigenvalue weighted by atomic mass is 9.98. The van der Waals surface area contributed by atoms with E-state index in [4.69, 9.17) is 29.6 Å². The molecule has 2 rings (SSSR count). The van der Waals surface area contributed by atoms with Gasteiger partial charge in [-0.05, 0) is 31.5 Å². The van der Waals surface area contributed by atoms with Gasteiger partial charge >= 0.3 is 17.9 Å². The van der Waals surface area contributed by atoms with Crippen LogP contribution in [0.3, 0.4) is 0 Å². The second-order valence-electron chi connectivity index (χ2n) is 5.25. The Labute approximate surface area is 158 Å². The van der Waals surface area contributed by atoms with Gasteiger partial charge in [-0.3, -0.25) is 9.69 Å². The Hall–Kier alpha value is -2.65. The zero-order valence-electron chi connectivity index (χ0n) is 15.6. The second-order valence-corrected chi connectivity index (χ2v) is 5.25. The summed E-state index contributed by atoms with van der Waals surface area (Å²) in [5.74, 6) is -3.67. The fourth-order valence-electron chi connectivity index (χ4n) is 2.27. The first-order valence-corrected chi connectivity index (χ1v) is 8.49. The lowest BCUT2D eigenvalue weighted by Crippen LogP contribution is -2.40. The Morgan fingerprint density at radius 2 is 1.63 bits per heavy atom. The van der Waals surface area contributed by atoms with Crippen LogP contribution in [0.5, 0.6) is 5.75 Å². The maximum Gasteiger partial charge on any atom is 0.414 e. The van der Waals surface area contributed by atoms with Gasteiger partial charge < -0.3 is 25.5 Å². The molecule has 1 heterocycles. The summed E-state index contributed by atoms with van der Waals surface area (Å²) in [6.45, 7) is 7.02. The van der Waals surface area contributed by atoms with Crippen molar-refractivity contribution in [1.29, 1.82) is 0 Å². The monoisotopic (exact) mass is 387 g/mol. The predicted octanol–water partition coefficient (Wildman–Crippen LogP) is 1.22. The van der Waals surface area contributed by atoms with E-state index in [1.54, 1.807) is 0 Å². The molecule has 0 spiro atoms. The minimum absolute atomic E-state index is 0. The van der Waals surface area contributed by atoms with Crippen molar-refractivity contribution in [2.75, 3.05) is 26.2 Å². The van der Waals surface area contributed by atoms with Crippen LogP contribution in [0.25, 0.3) is 0 Å². The van der Waals surface area contributed by atoms with Gasteiger partial charge in [0.15, 0.2) is 0 Å². The molecule has 1 fully saturated rings. The number of carbonyl (C=O) groups is 3. The van der Waals surface area contributed by atoms with Crippen LogP contribution in [0, 0.1) is 5.92 Å². The fraction of sp³-hybridized carbons (Fsp3) is 0.500. The highest BCUT2D eigenvalue weighted by Crippen LogP contribution is 2.16. The van der Waals surface area contributed by atoms with E-state index < -0.39 is 17.9 Å². The highest BCUT2D eigenvalue weighted by atomic mass is 16.5. The smallest absolute Gasteiger partial charge is 0.414 e. The summed E-state index contributed by atoms with van der Waals surface area (Å²) in [4.78, 5) is 31.3. The lowest BCUT2D eigenvalue weighted by molar-refractivity contribution is -0.159. The average molecular weight is 387 g/mol. The number of hydrogen-bond donors (Lipinski definition) is 3. The number of para-hydroxylation sites is 1. The number of piperidine rings is 1. The van der Waals surface area contributed by atoms with Crippen molar-refractivity contribution in [3.8, 4) is 5.75 Å². The molecule has 9 nitrogen and oxygen atoms in total. The van der Waals surface area contributed by atoms with Gasteiger partial charge in [0.25, 0.3) is 0 Å². The Balaban J connectivity index is 0. The first-order valence-electron chi connectivity index (χ1n) is 8.49. The van der Waals surface area contributed by atoms with Crippen LogP contribution in [-0.4, -0.2) is 69.8 Å². The van der Waals surface area contributed by atoms with Crippen molar-refractivity contribution in [2.45, 2.75) is 26.7 Å². The summed E-state index contributed by atoms with van der Waals surface area (Å²) in [6, 6.07) is 9.69. The molecule has 1 saturated heterocycles. The SMILES string of the molecule is CC.O.O=C(O)C(=O)O.O=C(O)C1CCCN(CCOc2ccccc2)C1. The maximum atomic E-state index is 10.9. The Morgan fingerprint density at radius 1 is 1.07 bits per heavy atom. The molecular weight excluding hydrogens is 358 g/mol. The van der Waals surface area contributed by atoms with Crippen LogP contribution in [0.15, 0.2) is 30.3 Å². The third-order valence-electron chi connectivity index (χ3n) is 3.46. The number of aliphatic carboxylic acids is 3. The highest BCUT2D eigenvalue weighted by molar-refractivity contribution is 6.27. The molecule has 1 atom stereocenters. The van der Waals surface area contributed by atoms with Crippen molar-refractivity contribution >= 4 is 17.9 Å². The summed E-state index contributed by atoms with van der Waals surface area (Å²) >= 11 is 0.